The van der Waals surface area contributed by atoms with Crippen molar-refractivity contribution in [3.63, 3.8) is 0 Å². The zero-order valence-electron chi connectivity index (χ0n) is 10.3. The molecule has 2 rings (SSSR count). The van der Waals surface area contributed by atoms with E-state index in [4.69, 9.17) is 4.74 Å². The molecular weight excluding hydrogens is 238 g/mol. The summed E-state index contributed by atoms with van der Waals surface area (Å²) in [4.78, 5) is 21.1. The number of carbonyl (C=O) groups is 1. The van der Waals surface area contributed by atoms with Crippen LogP contribution in [0.1, 0.15) is 4.88 Å². The van der Waals surface area contributed by atoms with Gasteiger partial charge in [-0.25, -0.2) is 4.98 Å². The van der Waals surface area contributed by atoms with E-state index in [0.717, 1.165) is 11.7 Å². The Morgan fingerprint density at radius 1 is 1.65 bits per heavy atom. The van der Waals surface area contributed by atoms with Crippen LogP contribution in [0.5, 0.6) is 0 Å². The first-order valence-electron chi connectivity index (χ1n) is 5.58. The van der Waals surface area contributed by atoms with Crippen molar-refractivity contribution >= 4 is 22.4 Å². The van der Waals surface area contributed by atoms with Crippen LogP contribution in [0, 0.1) is 6.92 Å². The molecule has 1 aromatic rings. The van der Waals surface area contributed by atoms with E-state index < -0.39 is 0 Å². The van der Waals surface area contributed by atoms with Gasteiger partial charge in [-0.2, -0.15) is 0 Å². The van der Waals surface area contributed by atoms with Gasteiger partial charge in [0.2, 0.25) is 0 Å². The molecule has 5 nitrogen and oxygen atoms in total. The molecule has 1 aliphatic rings. The molecular formula is C11H17N3O2S. The predicted octanol–water partition coefficient (Wildman–Crippen LogP) is 0.745. The molecule has 1 aliphatic heterocycles. The molecule has 6 heteroatoms. The number of nitrogens with zero attached hydrogens (tertiary/aromatic N) is 3. The number of rotatable bonds is 2. The number of carbonyl (C=O) groups excluding carboxylic acids is 1. The number of anilines is 1. The van der Waals surface area contributed by atoms with Gasteiger partial charge in [0.05, 0.1) is 13.2 Å². The van der Waals surface area contributed by atoms with Gasteiger partial charge in [-0.3, -0.25) is 4.79 Å². The van der Waals surface area contributed by atoms with Crippen LogP contribution in [-0.2, 0) is 9.53 Å². The number of thiazole rings is 1. The topological polar surface area (TPSA) is 45.7 Å². The summed E-state index contributed by atoms with van der Waals surface area (Å²) in [6, 6.07) is 0. The Labute approximate surface area is 105 Å². The summed E-state index contributed by atoms with van der Waals surface area (Å²) < 4.78 is 5.50. The van der Waals surface area contributed by atoms with E-state index in [-0.39, 0.29) is 12.0 Å². The number of morpholine rings is 1. The molecule has 0 aliphatic carbocycles. The standard InChI is InChI=1S/C11H17N3O2S/c1-8-6-12-11(17-8)14-4-5-16-9(7-14)10(15)13(2)3/h6,9H,4-5,7H2,1-3H3. The van der Waals surface area contributed by atoms with Gasteiger partial charge in [-0.15, -0.1) is 11.3 Å². The lowest BCUT2D eigenvalue weighted by Crippen LogP contribution is -2.49. The van der Waals surface area contributed by atoms with Gasteiger partial charge in [0, 0.05) is 31.7 Å². The third kappa shape index (κ3) is 2.76. The fourth-order valence-corrected chi connectivity index (χ4v) is 2.54. The number of aromatic nitrogens is 1. The van der Waals surface area contributed by atoms with Crippen LogP contribution in [0.3, 0.4) is 0 Å². The van der Waals surface area contributed by atoms with E-state index in [9.17, 15) is 4.79 Å². The second kappa shape index (κ2) is 5.01. The van der Waals surface area contributed by atoms with Crippen LogP contribution >= 0.6 is 11.3 Å². The van der Waals surface area contributed by atoms with Crippen molar-refractivity contribution in [3.8, 4) is 0 Å². The Hall–Kier alpha value is -1.14. The van der Waals surface area contributed by atoms with Crippen LogP contribution in [-0.4, -0.2) is 55.7 Å². The Morgan fingerprint density at radius 2 is 2.41 bits per heavy atom. The molecule has 0 aromatic carbocycles. The van der Waals surface area contributed by atoms with E-state index in [1.807, 2.05) is 13.1 Å². The molecule has 0 N–H and O–H groups in total. The lowest BCUT2D eigenvalue weighted by atomic mass is 10.2. The van der Waals surface area contributed by atoms with Gasteiger partial charge in [0.1, 0.15) is 0 Å². The summed E-state index contributed by atoms with van der Waals surface area (Å²) in [7, 11) is 3.50. The molecule has 94 valence electrons. The normalized spacial score (nSPS) is 20.4. The third-order valence-electron chi connectivity index (χ3n) is 2.66. The minimum Gasteiger partial charge on any atom is -0.365 e. The Balaban J connectivity index is 2.04. The van der Waals surface area contributed by atoms with E-state index in [1.54, 1.807) is 30.3 Å². The smallest absolute Gasteiger partial charge is 0.253 e. The summed E-state index contributed by atoms with van der Waals surface area (Å²) in [6.45, 7) is 3.99. The van der Waals surface area contributed by atoms with E-state index in [0.29, 0.717) is 13.2 Å². The Kier molecular flexibility index (Phi) is 3.63. The number of hydrogen-bond donors (Lipinski definition) is 0. The van der Waals surface area contributed by atoms with Crippen molar-refractivity contribution < 1.29 is 9.53 Å². The molecule has 1 fully saturated rings. The van der Waals surface area contributed by atoms with Crippen molar-refractivity contribution in [1.82, 2.24) is 9.88 Å². The molecule has 0 bridgehead atoms. The minimum absolute atomic E-state index is 0.0166. The quantitative estimate of drug-likeness (QED) is 0.782. The molecule has 0 radical (unpaired) electrons. The highest BCUT2D eigenvalue weighted by molar-refractivity contribution is 7.15. The number of ether oxygens (including phenoxy) is 1. The van der Waals surface area contributed by atoms with E-state index in [2.05, 4.69) is 9.88 Å². The maximum absolute atomic E-state index is 11.8. The second-order valence-corrected chi connectivity index (χ2v) is 5.50. The third-order valence-corrected chi connectivity index (χ3v) is 3.64. The summed E-state index contributed by atoms with van der Waals surface area (Å²) in [6.07, 6.45) is 1.49. The monoisotopic (exact) mass is 255 g/mol. The molecule has 17 heavy (non-hydrogen) atoms. The van der Waals surface area contributed by atoms with E-state index >= 15 is 0 Å². The van der Waals surface area contributed by atoms with Gasteiger partial charge >= 0.3 is 0 Å². The predicted molar refractivity (Wildman–Crippen MR) is 67.5 cm³/mol. The number of hydrogen-bond acceptors (Lipinski definition) is 5. The zero-order chi connectivity index (χ0) is 12.4. The van der Waals surface area contributed by atoms with Crippen LogP contribution < -0.4 is 4.90 Å². The zero-order valence-corrected chi connectivity index (χ0v) is 11.2. The number of amides is 1. The van der Waals surface area contributed by atoms with Gasteiger partial charge in [0.15, 0.2) is 11.2 Å². The highest BCUT2D eigenvalue weighted by Crippen LogP contribution is 2.23. The average molecular weight is 255 g/mol. The first-order valence-corrected chi connectivity index (χ1v) is 6.39. The molecule has 1 amide bonds. The summed E-state index contributed by atoms with van der Waals surface area (Å²) >= 11 is 1.65. The van der Waals surface area contributed by atoms with Crippen molar-refractivity contribution in [2.24, 2.45) is 0 Å². The highest BCUT2D eigenvalue weighted by Gasteiger charge is 2.28. The molecule has 0 spiro atoms. The largest absolute Gasteiger partial charge is 0.365 e. The SMILES string of the molecule is Cc1cnc(N2CCOC(C(=O)N(C)C)C2)s1. The summed E-state index contributed by atoms with van der Waals surface area (Å²) in [5, 5.41) is 0.974. The Morgan fingerprint density at radius 3 is 3.00 bits per heavy atom. The van der Waals surface area contributed by atoms with Crippen molar-refractivity contribution in [3.05, 3.63) is 11.1 Å². The fourth-order valence-electron chi connectivity index (χ4n) is 1.75. The van der Waals surface area contributed by atoms with Crippen LogP contribution in [0.25, 0.3) is 0 Å². The first kappa shape index (κ1) is 12.3. The summed E-state index contributed by atoms with van der Waals surface area (Å²) in [5.41, 5.74) is 0. The molecule has 1 saturated heterocycles. The van der Waals surface area contributed by atoms with Gasteiger partial charge in [0.25, 0.3) is 5.91 Å². The van der Waals surface area contributed by atoms with Gasteiger partial charge in [-0.05, 0) is 6.92 Å². The maximum Gasteiger partial charge on any atom is 0.253 e. The lowest BCUT2D eigenvalue weighted by Gasteiger charge is -2.33. The molecule has 1 aromatic heterocycles. The van der Waals surface area contributed by atoms with Crippen molar-refractivity contribution in [2.45, 2.75) is 13.0 Å². The van der Waals surface area contributed by atoms with Gasteiger partial charge in [-0.1, -0.05) is 0 Å². The summed E-state index contributed by atoms with van der Waals surface area (Å²) in [5.74, 6) is 0.0166. The number of aryl methyl sites for hydroxylation is 1. The van der Waals surface area contributed by atoms with E-state index in [1.165, 1.54) is 4.88 Å². The van der Waals surface area contributed by atoms with Crippen LogP contribution in [0.4, 0.5) is 5.13 Å². The second-order valence-electron chi connectivity index (χ2n) is 4.29. The van der Waals surface area contributed by atoms with Gasteiger partial charge < -0.3 is 14.5 Å². The molecule has 0 saturated carbocycles. The molecule has 1 atom stereocenters. The highest BCUT2D eigenvalue weighted by atomic mass is 32.1. The van der Waals surface area contributed by atoms with Crippen molar-refractivity contribution in [1.29, 1.82) is 0 Å². The molecule has 1 unspecified atom stereocenters. The minimum atomic E-state index is -0.372. The number of likely N-dealkylation sites (N-methyl/N-ethyl adjacent to an activating group) is 1. The lowest BCUT2D eigenvalue weighted by molar-refractivity contribution is -0.141. The van der Waals surface area contributed by atoms with Crippen molar-refractivity contribution in [2.75, 3.05) is 38.7 Å². The van der Waals surface area contributed by atoms with Crippen LogP contribution in [0.15, 0.2) is 6.20 Å². The Bertz CT molecular complexity index is 405. The maximum atomic E-state index is 11.8. The molecule has 2 heterocycles. The fraction of sp³-hybridized carbons (Fsp3) is 0.636. The average Bonchev–Trinajstić information content (AvgIpc) is 2.75. The first-order chi connectivity index (χ1) is 8.08. The van der Waals surface area contributed by atoms with Crippen LogP contribution in [0.2, 0.25) is 0 Å².